The van der Waals surface area contributed by atoms with Crippen LogP contribution in [0.4, 0.5) is 0 Å². The zero-order valence-electron chi connectivity index (χ0n) is 15.3. The lowest BCUT2D eigenvalue weighted by molar-refractivity contribution is -0.129. The third kappa shape index (κ3) is 6.36. The highest BCUT2D eigenvalue weighted by Crippen LogP contribution is 2.22. The normalized spacial score (nSPS) is 15.1. The van der Waals surface area contributed by atoms with Gasteiger partial charge >= 0.3 is 0 Å². The van der Waals surface area contributed by atoms with Crippen molar-refractivity contribution in [3.05, 3.63) is 33.8 Å². The Labute approximate surface area is 170 Å². The van der Waals surface area contributed by atoms with E-state index in [0.29, 0.717) is 43.2 Å². The minimum Gasteiger partial charge on any atom is -0.338 e. The Kier molecular flexibility index (Phi) is 7.94. The molecule has 1 saturated heterocycles. The molecule has 6 nitrogen and oxygen atoms in total. The molecule has 1 aromatic rings. The Hall–Kier alpha value is -1.31. The predicted molar refractivity (Wildman–Crippen MR) is 107 cm³/mol. The number of piperazine rings is 1. The molecule has 1 fully saturated rings. The summed E-state index contributed by atoms with van der Waals surface area (Å²) in [4.78, 5) is 28.0. The SMILES string of the molecule is CCCCCS(=O)(=O)CC(=O)N1CCN(C(=O)c2ccc(Cl)cc2Cl)CC1. The molecule has 0 radical (unpaired) electrons. The maximum absolute atomic E-state index is 12.6. The van der Waals surface area contributed by atoms with Gasteiger partial charge in [0.2, 0.25) is 5.91 Å². The summed E-state index contributed by atoms with van der Waals surface area (Å²) in [5.74, 6) is -1.05. The van der Waals surface area contributed by atoms with Gasteiger partial charge in [0.05, 0.1) is 16.3 Å². The summed E-state index contributed by atoms with van der Waals surface area (Å²) >= 11 is 11.9. The summed E-state index contributed by atoms with van der Waals surface area (Å²) in [6.07, 6.45) is 2.34. The van der Waals surface area contributed by atoms with E-state index in [4.69, 9.17) is 23.2 Å². The van der Waals surface area contributed by atoms with Gasteiger partial charge in [-0.15, -0.1) is 0 Å². The molecule has 0 saturated carbocycles. The standard InChI is InChI=1S/C18H24Cl2N2O4S/c1-2-3-4-11-27(25,26)13-17(23)21-7-9-22(10-8-21)18(24)15-6-5-14(19)12-16(15)20/h5-6,12H,2-4,7-11,13H2,1H3. The molecule has 1 aliphatic heterocycles. The molecule has 0 unspecified atom stereocenters. The van der Waals surface area contributed by atoms with Crippen LogP contribution in [0.25, 0.3) is 0 Å². The molecule has 0 N–H and O–H groups in total. The largest absolute Gasteiger partial charge is 0.338 e. The number of hydrogen-bond acceptors (Lipinski definition) is 4. The number of rotatable bonds is 7. The van der Waals surface area contributed by atoms with E-state index in [-0.39, 0.29) is 16.7 Å². The van der Waals surface area contributed by atoms with E-state index in [1.54, 1.807) is 17.0 Å². The van der Waals surface area contributed by atoms with Crippen LogP contribution in [0.15, 0.2) is 18.2 Å². The molecule has 1 aliphatic rings. The average Bonchev–Trinajstić information content (AvgIpc) is 2.61. The van der Waals surface area contributed by atoms with Gasteiger partial charge in [0.1, 0.15) is 5.75 Å². The molecule has 27 heavy (non-hydrogen) atoms. The molecule has 0 bridgehead atoms. The van der Waals surface area contributed by atoms with E-state index >= 15 is 0 Å². The van der Waals surface area contributed by atoms with Gasteiger partial charge in [-0.05, 0) is 24.6 Å². The van der Waals surface area contributed by atoms with E-state index in [0.717, 1.165) is 12.8 Å². The molecule has 1 aromatic carbocycles. The smallest absolute Gasteiger partial charge is 0.255 e. The highest BCUT2D eigenvalue weighted by Gasteiger charge is 2.28. The summed E-state index contributed by atoms with van der Waals surface area (Å²) in [5, 5.41) is 0.733. The minimum atomic E-state index is -3.39. The number of sulfone groups is 1. The lowest BCUT2D eigenvalue weighted by Crippen LogP contribution is -2.51. The second-order valence-electron chi connectivity index (χ2n) is 6.60. The van der Waals surface area contributed by atoms with Crippen molar-refractivity contribution in [1.82, 2.24) is 9.80 Å². The number of benzene rings is 1. The Morgan fingerprint density at radius 1 is 1.04 bits per heavy atom. The van der Waals surface area contributed by atoms with Crippen LogP contribution in [0.3, 0.4) is 0 Å². The first-order valence-electron chi connectivity index (χ1n) is 8.96. The molecule has 150 valence electrons. The number of hydrogen-bond donors (Lipinski definition) is 0. The Balaban J connectivity index is 1.89. The topological polar surface area (TPSA) is 74.8 Å². The molecule has 0 aromatic heterocycles. The summed E-state index contributed by atoms with van der Waals surface area (Å²) in [6, 6.07) is 4.69. The Morgan fingerprint density at radius 3 is 2.26 bits per heavy atom. The van der Waals surface area contributed by atoms with E-state index < -0.39 is 21.5 Å². The fourth-order valence-corrected chi connectivity index (χ4v) is 4.75. The van der Waals surface area contributed by atoms with Gasteiger partial charge in [-0.25, -0.2) is 8.42 Å². The quantitative estimate of drug-likeness (QED) is 0.618. The highest BCUT2D eigenvalue weighted by molar-refractivity contribution is 7.92. The number of halogens is 2. The van der Waals surface area contributed by atoms with Crippen molar-refractivity contribution < 1.29 is 18.0 Å². The van der Waals surface area contributed by atoms with E-state index in [1.165, 1.54) is 11.0 Å². The van der Waals surface area contributed by atoms with Crippen molar-refractivity contribution >= 4 is 44.9 Å². The van der Waals surface area contributed by atoms with Crippen molar-refractivity contribution in [1.29, 1.82) is 0 Å². The van der Waals surface area contributed by atoms with Crippen LogP contribution < -0.4 is 0 Å². The minimum absolute atomic E-state index is 0.0418. The third-order valence-electron chi connectivity index (χ3n) is 4.48. The first-order chi connectivity index (χ1) is 12.7. The van der Waals surface area contributed by atoms with Gasteiger partial charge < -0.3 is 9.80 Å². The van der Waals surface area contributed by atoms with E-state index in [1.807, 2.05) is 6.92 Å². The van der Waals surface area contributed by atoms with Crippen LogP contribution in [-0.4, -0.2) is 67.7 Å². The first kappa shape index (κ1) is 22.0. The van der Waals surface area contributed by atoms with Crippen LogP contribution in [0.1, 0.15) is 36.5 Å². The van der Waals surface area contributed by atoms with Gasteiger partial charge in [0.25, 0.3) is 5.91 Å². The Morgan fingerprint density at radius 2 is 1.67 bits per heavy atom. The lowest BCUT2D eigenvalue weighted by Gasteiger charge is -2.35. The highest BCUT2D eigenvalue weighted by atomic mass is 35.5. The first-order valence-corrected chi connectivity index (χ1v) is 11.5. The fraction of sp³-hybridized carbons (Fsp3) is 0.556. The van der Waals surface area contributed by atoms with Crippen LogP contribution in [0.5, 0.6) is 0 Å². The fourth-order valence-electron chi connectivity index (χ4n) is 2.92. The van der Waals surface area contributed by atoms with Gasteiger partial charge in [0.15, 0.2) is 9.84 Å². The number of carbonyl (C=O) groups is 2. The van der Waals surface area contributed by atoms with Crippen molar-refractivity contribution in [2.24, 2.45) is 0 Å². The molecule has 2 rings (SSSR count). The zero-order chi connectivity index (χ0) is 20.0. The third-order valence-corrected chi connectivity index (χ3v) is 6.63. The van der Waals surface area contributed by atoms with Crippen molar-refractivity contribution in [2.45, 2.75) is 26.2 Å². The summed E-state index contributed by atoms with van der Waals surface area (Å²) < 4.78 is 24.1. The van der Waals surface area contributed by atoms with Crippen LogP contribution in [-0.2, 0) is 14.6 Å². The van der Waals surface area contributed by atoms with Crippen LogP contribution >= 0.6 is 23.2 Å². The van der Waals surface area contributed by atoms with Crippen molar-refractivity contribution in [2.75, 3.05) is 37.7 Å². The van der Waals surface area contributed by atoms with E-state index in [2.05, 4.69) is 0 Å². The summed E-state index contributed by atoms with van der Waals surface area (Å²) in [6.45, 7) is 3.27. The van der Waals surface area contributed by atoms with Crippen molar-refractivity contribution in [3.63, 3.8) is 0 Å². The lowest BCUT2D eigenvalue weighted by atomic mass is 10.2. The predicted octanol–water partition coefficient (Wildman–Crippen LogP) is 2.88. The second kappa shape index (κ2) is 9.75. The van der Waals surface area contributed by atoms with Gasteiger partial charge in [-0.3, -0.25) is 9.59 Å². The molecule has 0 aliphatic carbocycles. The molecular formula is C18H24Cl2N2O4S. The van der Waals surface area contributed by atoms with Crippen LogP contribution in [0, 0.1) is 0 Å². The maximum atomic E-state index is 12.6. The average molecular weight is 435 g/mol. The molecule has 2 amide bonds. The van der Waals surface area contributed by atoms with Crippen molar-refractivity contribution in [3.8, 4) is 0 Å². The summed E-state index contributed by atoms with van der Waals surface area (Å²) in [5.41, 5.74) is 0.361. The van der Waals surface area contributed by atoms with Gasteiger partial charge in [-0.1, -0.05) is 43.0 Å². The van der Waals surface area contributed by atoms with Gasteiger partial charge in [0, 0.05) is 31.2 Å². The second-order valence-corrected chi connectivity index (χ2v) is 9.62. The van der Waals surface area contributed by atoms with Gasteiger partial charge in [-0.2, -0.15) is 0 Å². The maximum Gasteiger partial charge on any atom is 0.255 e. The number of unbranched alkanes of at least 4 members (excludes halogenated alkanes) is 2. The van der Waals surface area contributed by atoms with E-state index in [9.17, 15) is 18.0 Å². The molecule has 1 heterocycles. The molecule has 9 heteroatoms. The number of nitrogens with zero attached hydrogens (tertiary/aromatic N) is 2. The Bertz CT molecular complexity index is 791. The zero-order valence-corrected chi connectivity index (χ0v) is 17.6. The number of carbonyl (C=O) groups excluding carboxylic acids is 2. The molecule has 0 spiro atoms. The van der Waals surface area contributed by atoms with Crippen LogP contribution in [0.2, 0.25) is 10.0 Å². The molecule has 0 atom stereocenters. The summed E-state index contributed by atoms with van der Waals surface area (Å²) in [7, 11) is -3.39. The monoisotopic (exact) mass is 434 g/mol. The number of amides is 2. The molecular weight excluding hydrogens is 411 g/mol.